The second kappa shape index (κ2) is 8.46. The van der Waals surface area contributed by atoms with Crippen LogP contribution >= 0.6 is 23.6 Å². The molecule has 6 heteroatoms. The highest BCUT2D eigenvalue weighted by Gasteiger charge is 2.21. The van der Waals surface area contributed by atoms with Crippen molar-refractivity contribution in [3.8, 4) is 5.75 Å². The van der Waals surface area contributed by atoms with Crippen LogP contribution in [0.15, 0.2) is 41.8 Å². The third-order valence-corrected chi connectivity index (χ3v) is 5.20. The number of ether oxygens (including phenoxy) is 2. The standard InChI is InChI=1S/C18H22N2O2S2/c1-21-15-6-2-5-14(11-15)19-18(23)20(12-16-7-3-9-22-16)13-17-8-4-10-24-17/h2,4-6,8,10-11,16H,3,7,9,12-13H2,1H3,(H,19,23). The Morgan fingerprint density at radius 3 is 3.04 bits per heavy atom. The molecule has 1 N–H and O–H groups in total. The summed E-state index contributed by atoms with van der Waals surface area (Å²) in [7, 11) is 1.66. The molecule has 1 atom stereocenters. The summed E-state index contributed by atoms with van der Waals surface area (Å²) in [6.45, 7) is 2.47. The number of anilines is 1. The molecular weight excluding hydrogens is 340 g/mol. The predicted molar refractivity (Wildman–Crippen MR) is 103 cm³/mol. The number of hydrogen-bond donors (Lipinski definition) is 1. The first-order valence-corrected chi connectivity index (χ1v) is 9.37. The summed E-state index contributed by atoms with van der Waals surface area (Å²) < 4.78 is 11.1. The molecule has 1 fully saturated rings. The molecule has 0 amide bonds. The molecule has 1 aliphatic rings. The molecule has 1 unspecified atom stereocenters. The van der Waals surface area contributed by atoms with Gasteiger partial charge in [0.2, 0.25) is 0 Å². The van der Waals surface area contributed by atoms with Gasteiger partial charge in [0, 0.05) is 29.8 Å². The largest absolute Gasteiger partial charge is 0.497 e. The Morgan fingerprint density at radius 1 is 1.42 bits per heavy atom. The third kappa shape index (κ3) is 4.69. The molecule has 24 heavy (non-hydrogen) atoms. The van der Waals surface area contributed by atoms with E-state index in [-0.39, 0.29) is 6.10 Å². The Bertz CT molecular complexity index is 655. The van der Waals surface area contributed by atoms with Crippen molar-refractivity contribution in [3.05, 3.63) is 46.7 Å². The fourth-order valence-corrected chi connectivity index (χ4v) is 3.72. The molecule has 1 aromatic heterocycles. The molecule has 0 spiro atoms. The fourth-order valence-electron chi connectivity index (χ4n) is 2.75. The highest BCUT2D eigenvalue weighted by molar-refractivity contribution is 7.80. The van der Waals surface area contributed by atoms with Gasteiger partial charge >= 0.3 is 0 Å². The average Bonchev–Trinajstić information content (AvgIpc) is 3.28. The van der Waals surface area contributed by atoms with Crippen LogP contribution in [0.3, 0.4) is 0 Å². The summed E-state index contributed by atoms with van der Waals surface area (Å²) in [5.41, 5.74) is 0.933. The number of methoxy groups -OCH3 is 1. The Balaban J connectivity index is 1.69. The van der Waals surface area contributed by atoms with Gasteiger partial charge in [0.05, 0.1) is 19.8 Å². The van der Waals surface area contributed by atoms with E-state index in [1.54, 1.807) is 18.4 Å². The van der Waals surface area contributed by atoms with Gasteiger partial charge < -0.3 is 19.7 Å². The lowest BCUT2D eigenvalue weighted by atomic mass is 10.2. The van der Waals surface area contributed by atoms with Crippen molar-refractivity contribution in [2.75, 3.05) is 25.6 Å². The zero-order chi connectivity index (χ0) is 16.8. The lowest BCUT2D eigenvalue weighted by Crippen LogP contribution is -2.39. The van der Waals surface area contributed by atoms with Crippen molar-refractivity contribution in [2.24, 2.45) is 0 Å². The van der Waals surface area contributed by atoms with Crippen molar-refractivity contribution in [3.63, 3.8) is 0 Å². The van der Waals surface area contributed by atoms with Crippen molar-refractivity contribution in [2.45, 2.75) is 25.5 Å². The van der Waals surface area contributed by atoms with Crippen LogP contribution in [0.5, 0.6) is 5.75 Å². The number of nitrogens with zero attached hydrogens (tertiary/aromatic N) is 1. The van der Waals surface area contributed by atoms with Gasteiger partial charge in [-0.05, 0) is 48.6 Å². The summed E-state index contributed by atoms with van der Waals surface area (Å²) in [4.78, 5) is 3.49. The summed E-state index contributed by atoms with van der Waals surface area (Å²) in [5.74, 6) is 0.812. The molecule has 2 aromatic rings. The summed E-state index contributed by atoms with van der Waals surface area (Å²) in [6.07, 6.45) is 2.49. The van der Waals surface area contributed by atoms with Crippen molar-refractivity contribution >= 4 is 34.4 Å². The van der Waals surface area contributed by atoms with Crippen LogP contribution < -0.4 is 10.1 Å². The normalized spacial score (nSPS) is 16.8. The first-order chi connectivity index (χ1) is 11.7. The van der Waals surface area contributed by atoms with Crippen molar-refractivity contribution in [1.82, 2.24) is 4.90 Å². The van der Waals surface area contributed by atoms with E-state index in [2.05, 4.69) is 27.7 Å². The Hall–Kier alpha value is -1.63. The van der Waals surface area contributed by atoms with Crippen LogP contribution in [-0.2, 0) is 11.3 Å². The van der Waals surface area contributed by atoms with Crippen LogP contribution in [0.4, 0.5) is 5.69 Å². The molecule has 3 rings (SSSR count). The molecule has 0 saturated carbocycles. The second-order valence-corrected chi connectivity index (χ2v) is 7.18. The van der Waals surface area contributed by atoms with Gasteiger partial charge in [0.25, 0.3) is 0 Å². The lowest BCUT2D eigenvalue weighted by molar-refractivity contribution is 0.0907. The minimum Gasteiger partial charge on any atom is -0.497 e. The van der Waals surface area contributed by atoms with Gasteiger partial charge in [-0.1, -0.05) is 12.1 Å². The number of nitrogens with one attached hydrogen (secondary N) is 1. The molecule has 0 radical (unpaired) electrons. The minimum atomic E-state index is 0.259. The topological polar surface area (TPSA) is 33.7 Å². The number of thiophene rings is 1. The van der Waals surface area contributed by atoms with E-state index >= 15 is 0 Å². The number of hydrogen-bond acceptors (Lipinski definition) is 4. The van der Waals surface area contributed by atoms with Gasteiger partial charge in [-0.3, -0.25) is 0 Å². The maximum absolute atomic E-state index is 5.79. The molecule has 2 heterocycles. The van der Waals surface area contributed by atoms with Crippen molar-refractivity contribution < 1.29 is 9.47 Å². The summed E-state index contributed by atoms with van der Waals surface area (Å²) >= 11 is 7.42. The highest BCUT2D eigenvalue weighted by Crippen LogP contribution is 2.20. The fraction of sp³-hybridized carbons (Fsp3) is 0.389. The van der Waals surface area contributed by atoms with Gasteiger partial charge in [-0.2, -0.15) is 0 Å². The number of benzene rings is 1. The molecule has 0 bridgehead atoms. The Morgan fingerprint density at radius 2 is 2.33 bits per heavy atom. The Labute approximate surface area is 152 Å². The van der Waals surface area contributed by atoms with Gasteiger partial charge in [0.1, 0.15) is 5.75 Å². The van der Waals surface area contributed by atoms with Crippen LogP contribution in [0.1, 0.15) is 17.7 Å². The van der Waals surface area contributed by atoms with E-state index in [4.69, 9.17) is 21.7 Å². The first kappa shape index (κ1) is 17.2. The van der Waals surface area contributed by atoms with Crippen LogP contribution in [0.2, 0.25) is 0 Å². The number of thiocarbonyl (C=S) groups is 1. The van der Waals surface area contributed by atoms with E-state index in [1.165, 1.54) is 4.88 Å². The van der Waals surface area contributed by atoms with Crippen LogP contribution in [0, 0.1) is 0 Å². The summed E-state index contributed by atoms with van der Waals surface area (Å²) in [6, 6.07) is 12.0. The predicted octanol–water partition coefficient (Wildman–Crippen LogP) is 4.13. The quantitative estimate of drug-likeness (QED) is 0.781. The monoisotopic (exact) mass is 362 g/mol. The molecular formula is C18H22N2O2S2. The SMILES string of the molecule is COc1cccc(NC(=S)N(Cc2cccs2)CC2CCCO2)c1. The van der Waals surface area contributed by atoms with Gasteiger partial charge in [-0.25, -0.2) is 0 Å². The molecule has 1 aromatic carbocycles. The highest BCUT2D eigenvalue weighted by atomic mass is 32.1. The molecule has 128 valence electrons. The third-order valence-electron chi connectivity index (χ3n) is 3.98. The Kier molecular flexibility index (Phi) is 6.07. The average molecular weight is 363 g/mol. The second-order valence-electron chi connectivity index (χ2n) is 5.76. The molecule has 0 aliphatic carbocycles. The lowest BCUT2D eigenvalue weighted by Gasteiger charge is -2.28. The van der Waals surface area contributed by atoms with E-state index in [1.807, 2.05) is 24.3 Å². The van der Waals surface area contributed by atoms with E-state index in [0.717, 1.165) is 44.0 Å². The molecule has 1 saturated heterocycles. The maximum Gasteiger partial charge on any atom is 0.173 e. The summed E-state index contributed by atoms with van der Waals surface area (Å²) in [5, 5.41) is 6.14. The van der Waals surface area contributed by atoms with Crippen LogP contribution in [-0.4, -0.2) is 36.4 Å². The van der Waals surface area contributed by atoms with E-state index in [9.17, 15) is 0 Å². The van der Waals surface area contributed by atoms with E-state index < -0.39 is 0 Å². The minimum absolute atomic E-state index is 0.259. The number of rotatable bonds is 6. The van der Waals surface area contributed by atoms with Gasteiger partial charge in [0.15, 0.2) is 5.11 Å². The van der Waals surface area contributed by atoms with Crippen LogP contribution in [0.25, 0.3) is 0 Å². The first-order valence-electron chi connectivity index (χ1n) is 8.08. The van der Waals surface area contributed by atoms with E-state index in [0.29, 0.717) is 5.11 Å². The molecule has 4 nitrogen and oxygen atoms in total. The zero-order valence-corrected chi connectivity index (χ0v) is 15.4. The zero-order valence-electron chi connectivity index (χ0n) is 13.7. The van der Waals surface area contributed by atoms with Gasteiger partial charge in [-0.15, -0.1) is 11.3 Å². The maximum atomic E-state index is 5.79. The smallest absolute Gasteiger partial charge is 0.173 e. The molecule has 1 aliphatic heterocycles. The van der Waals surface area contributed by atoms with Crippen molar-refractivity contribution in [1.29, 1.82) is 0 Å².